The molecule has 0 N–H and O–H groups in total. The van der Waals surface area contributed by atoms with Gasteiger partial charge in [-0.1, -0.05) is 71.0 Å². The van der Waals surface area contributed by atoms with Gasteiger partial charge in [-0.15, -0.1) is 0 Å². The van der Waals surface area contributed by atoms with Gasteiger partial charge in [0.25, 0.3) is 5.91 Å². The van der Waals surface area contributed by atoms with Gasteiger partial charge in [-0.05, 0) is 65.3 Å². The minimum absolute atomic E-state index is 0.0217. The molecule has 37 heavy (non-hydrogen) atoms. The minimum atomic E-state index is -0.421. The summed E-state index contributed by atoms with van der Waals surface area (Å²) in [6.07, 6.45) is 2.31. The van der Waals surface area contributed by atoms with E-state index in [9.17, 15) is 9.59 Å². The van der Waals surface area contributed by atoms with E-state index in [1.165, 1.54) is 5.56 Å². The maximum Gasteiger partial charge on any atom is 0.290 e. The number of rotatable bonds is 5. The van der Waals surface area contributed by atoms with Crippen LogP contribution in [0, 0.1) is 17.8 Å². The first-order chi connectivity index (χ1) is 17.6. The van der Waals surface area contributed by atoms with E-state index in [1.807, 2.05) is 29.2 Å². The molecule has 2 aromatic rings. The molecule has 1 amide bonds. The van der Waals surface area contributed by atoms with E-state index in [0.717, 1.165) is 29.7 Å². The smallest absolute Gasteiger partial charge is 0.290 e. The zero-order valence-corrected chi connectivity index (χ0v) is 22.9. The molecule has 1 fully saturated rings. The van der Waals surface area contributed by atoms with Gasteiger partial charge < -0.3 is 14.4 Å². The van der Waals surface area contributed by atoms with E-state index < -0.39 is 6.04 Å². The number of ether oxygens (including phenoxy) is 2. The molecular weight excluding hydrogens is 462 g/mol. The Morgan fingerprint density at radius 1 is 0.973 bits per heavy atom. The lowest BCUT2D eigenvalue weighted by Gasteiger charge is -2.41. The average Bonchev–Trinajstić information content (AvgIpc) is 3.15. The third-order valence-electron chi connectivity index (χ3n) is 8.42. The molecule has 196 valence electrons. The summed E-state index contributed by atoms with van der Waals surface area (Å²) in [4.78, 5) is 29.7. The lowest BCUT2D eigenvalue weighted by Crippen LogP contribution is -2.45. The number of benzene rings is 2. The zero-order chi connectivity index (χ0) is 26.5. The molecule has 3 aliphatic rings. The van der Waals surface area contributed by atoms with Crippen LogP contribution in [-0.4, -0.2) is 36.3 Å². The van der Waals surface area contributed by atoms with Crippen molar-refractivity contribution < 1.29 is 19.1 Å². The Kier molecular flexibility index (Phi) is 6.68. The second kappa shape index (κ2) is 9.66. The molecule has 0 bridgehead atoms. The largest absolute Gasteiger partial charge is 0.497 e. The van der Waals surface area contributed by atoms with Crippen molar-refractivity contribution in [3.8, 4) is 5.75 Å². The molecule has 1 saturated carbocycles. The molecule has 5 atom stereocenters. The van der Waals surface area contributed by atoms with Crippen LogP contribution >= 0.6 is 0 Å². The van der Waals surface area contributed by atoms with Crippen LogP contribution in [0.5, 0.6) is 5.75 Å². The van der Waals surface area contributed by atoms with Gasteiger partial charge >= 0.3 is 0 Å². The van der Waals surface area contributed by atoms with Crippen LogP contribution in [0.25, 0.3) is 0 Å². The van der Waals surface area contributed by atoms with Crippen LogP contribution in [-0.2, 0) is 26.2 Å². The number of Topliss-reactive ketones (excluding diaryl/α,β-unsaturated/α-hetero) is 1. The van der Waals surface area contributed by atoms with Crippen molar-refractivity contribution in [2.24, 2.45) is 17.8 Å². The Labute approximate surface area is 220 Å². The minimum Gasteiger partial charge on any atom is -0.497 e. The van der Waals surface area contributed by atoms with Crippen molar-refractivity contribution in [3.05, 3.63) is 76.6 Å². The van der Waals surface area contributed by atoms with E-state index >= 15 is 0 Å². The van der Waals surface area contributed by atoms with Gasteiger partial charge in [-0.2, -0.15) is 0 Å². The van der Waals surface area contributed by atoms with Crippen molar-refractivity contribution in [1.29, 1.82) is 0 Å². The Bertz CT molecular complexity index is 1200. The summed E-state index contributed by atoms with van der Waals surface area (Å²) in [6.45, 7) is 11.4. The summed E-state index contributed by atoms with van der Waals surface area (Å²) < 4.78 is 11.7. The Balaban J connectivity index is 1.50. The predicted octanol–water partition coefficient (Wildman–Crippen LogP) is 6.02. The van der Waals surface area contributed by atoms with E-state index in [4.69, 9.17) is 9.47 Å². The summed E-state index contributed by atoms with van der Waals surface area (Å²) in [5, 5.41) is 0. The average molecular weight is 502 g/mol. The highest BCUT2D eigenvalue weighted by Crippen LogP contribution is 2.49. The highest BCUT2D eigenvalue weighted by Gasteiger charge is 2.53. The first-order valence-corrected chi connectivity index (χ1v) is 13.6. The number of hydrogen-bond acceptors (Lipinski definition) is 4. The highest BCUT2D eigenvalue weighted by molar-refractivity contribution is 6.11. The van der Waals surface area contributed by atoms with E-state index in [-0.39, 0.29) is 40.8 Å². The molecule has 0 radical (unpaired) electrons. The van der Waals surface area contributed by atoms with Crippen molar-refractivity contribution in [2.75, 3.05) is 13.7 Å². The monoisotopic (exact) mass is 501 g/mol. The highest BCUT2D eigenvalue weighted by atomic mass is 16.5. The van der Waals surface area contributed by atoms with E-state index in [1.54, 1.807) is 7.11 Å². The van der Waals surface area contributed by atoms with Gasteiger partial charge in [0, 0.05) is 6.54 Å². The number of ketones is 1. The third-order valence-corrected chi connectivity index (χ3v) is 8.42. The van der Waals surface area contributed by atoms with Gasteiger partial charge in [-0.3, -0.25) is 9.59 Å². The fourth-order valence-electron chi connectivity index (χ4n) is 6.41. The van der Waals surface area contributed by atoms with Crippen LogP contribution in [0.2, 0.25) is 0 Å². The van der Waals surface area contributed by atoms with Gasteiger partial charge in [0.05, 0.1) is 24.6 Å². The summed E-state index contributed by atoms with van der Waals surface area (Å²) in [6, 6.07) is 15.9. The van der Waals surface area contributed by atoms with Crippen LogP contribution in [0.3, 0.4) is 0 Å². The molecule has 2 aliphatic heterocycles. The lowest BCUT2D eigenvalue weighted by molar-refractivity contribution is -0.138. The number of hydrogen-bond donors (Lipinski definition) is 0. The fraction of sp³-hybridized carbons (Fsp3) is 0.500. The SMILES string of the molecule is COc1ccc(CCN2C(=O)C3=C(C(=O)C4CC(C)CC(C)C4O3)C2c2ccc(C(C)(C)C)cc2)cc1. The lowest BCUT2D eigenvalue weighted by atomic mass is 9.70. The van der Waals surface area contributed by atoms with Crippen LogP contribution in [0.15, 0.2) is 59.9 Å². The Morgan fingerprint density at radius 3 is 2.27 bits per heavy atom. The normalized spacial score (nSPS) is 27.6. The second-order valence-corrected chi connectivity index (χ2v) is 12.2. The van der Waals surface area contributed by atoms with E-state index in [2.05, 4.69) is 58.9 Å². The number of amides is 1. The van der Waals surface area contributed by atoms with E-state index in [0.29, 0.717) is 24.5 Å². The number of nitrogens with zero attached hydrogens (tertiary/aromatic N) is 1. The van der Waals surface area contributed by atoms with Crippen molar-refractivity contribution in [3.63, 3.8) is 0 Å². The number of carbonyl (C=O) groups excluding carboxylic acids is 2. The van der Waals surface area contributed by atoms with Gasteiger partial charge in [0.1, 0.15) is 11.9 Å². The van der Waals surface area contributed by atoms with Crippen LogP contribution in [0.4, 0.5) is 0 Å². The quantitative estimate of drug-likeness (QED) is 0.503. The Hall–Kier alpha value is -3.08. The molecule has 0 spiro atoms. The van der Waals surface area contributed by atoms with Gasteiger partial charge in [-0.25, -0.2) is 0 Å². The molecule has 5 heteroatoms. The summed E-state index contributed by atoms with van der Waals surface area (Å²) in [5.41, 5.74) is 3.89. The second-order valence-electron chi connectivity index (χ2n) is 12.2. The predicted molar refractivity (Wildman–Crippen MR) is 144 cm³/mol. The van der Waals surface area contributed by atoms with Crippen molar-refractivity contribution in [1.82, 2.24) is 4.90 Å². The Morgan fingerprint density at radius 2 is 1.65 bits per heavy atom. The molecule has 0 saturated heterocycles. The van der Waals surface area contributed by atoms with Crippen LogP contribution in [0.1, 0.15) is 70.2 Å². The number of fused-ring (bicyclic) bond motifs is 1. The molecular formula is C32H39NO4. The molecule has 5 nitrogen and oxygen atoms in total. The maximum atomic E-state index is 14.0. The first kappa shape index (κ1) is 25.6. The zero-order valence-electron chi connectivity index (χ0n) is 22.9. The fourth-order valence-corrected chi connectivity index (χ4v) is 6.41. The molecule has 5 unspecified atom stereocenters. The van der Waals surface area contributed by atoms with Gasteiger partial charge in [0.2, 0.25) is 0 Å². The molecule has 2 heterocycles. The summed E-state index contributed by atoms with van der Waals surface area (Å²) >= 11 is 0. The molecule has 2 aromatic carbocycles. The molecule has 1 aliphatic carbocycles. The molecule has 0 aromatic heterocycles. The van der Waals surface area contributed by atoms with Gasteiger partial charge in [0.15, 0.2) is 11.5 Å². The number of carbonyl (C=O) groups is 2. The standard InChI is InChI=1S/C32H39NO4/c1-19-17-20(2)29-25(18-19)28(34)26-27(22-9-11-23(12-10-22)32(3,4)5)33(31(35)30(26)37-29)16-15-21-7-13-24(36-6)14-8-21/h7-14,19-20,25,27,29H,15-18H2,1-6H3. The van der Waals surface area contributed by atoms with Crippen molar-refractivity contribution >= 4 is 11.7 Å². The third kappa shape index (κ3) is 4.69. The number of methoxy groups -OCH3 is 1. The maximum absolute atomic E-state index is 14.0. The van der Waals surface area contributed by atoms with Crippen LogP contribution < -0.4 is 4.74 Å². The topological polar surface area (TPSA) is 55.8 Å². The van der Waals surface area contributed by atoms with Crippen molar-refractivity contribution in [2.45, 2.75) is 71.4 Å². The first-order valence-electron chi connectivity index (χ1n) is 13.6. The summed E-state index contributed by atoms with van der Waals surface area (Å²) in [5.74, 6) is 1.58. The summed E-state index contributed by atoms with van der Waals surface area (Å²) in [7, 11) is 1.65. The molecule has 5 rings (SSSR count).